The molecule has 0 saturated heterocycles. The molecule has 0 atom stereocenters. The second kappa shape index (κ2) is 5.71. The third-order valence-corrected chi connectivity index (χ3v) is 3.34. The van der Waals surface area contributed by atoms with E-state index in [0.29, 0.717) is 0 Å². The number of hydrogen-bond acceptors (Lipinski definition) is 4. The van der Waals surface area contributed by atoms with E-state index >= 15 is 0 Å². The van der Waals surface area contributed by atoms with Crippen molar-refractivity contribution in [1.82, 2.24) is 4.98 Å². The first-order valence-electron chi connectivity index (χ1n) is 6.63. The second-order valence-corrected chi connectivity index (χ2v) is 4.60. The predicted molar refractivity (Wildman–Crippen MR) is 84.6 cm³/mol. The molecule has 4 heteroatoms. The Balaban J connectivity index is 2.09. The number of hydrogen-bond donors (Lipinski definition) is 1. The number of pyridine rings is 1. The lowest BCUT2D eigenvalue weighted by Gasteiger charge is -2.14. The summed E-state index contributed by atoms with van der Waals surface area (Å²) in [5.41, 5.74) is 1.83. The summed E-state index contributed by atoms with van der Waals surface area (Å²) in [5.74, 6) is 1.58. The Morgan fingerprint density at radius 2 is 1.90 bits per heavy atom. The Labute approximate surface area is 123 Å². The fourth-order valence-electron chi connectivity index (χ4n) is 2.29. The third kappa shape index (κ3) is 2.60. The molecule has 1 aromatic heterocycles. The van der Waals surface area contributed by atoms with Gasteiger partial charge >= 0.3 is 0 Å². The highest BCUT2D eigenvalue weighted by Crippen LogP contribution is 2.35. The summed E-state index contributed by atoms with van der Waals surface area (Å²) >= 11 is 0. The first-order chi connectivity index (χ1) is 10.3. The topological polar surface area (TPSA) is 43.4 Å². The molecule has 0 aliphatic rings. The largest absolute Gasteiger partial charge is 0.497 e. The maximum atomic E-state index is 5.46. The van der Waals surface area contributed by atoms with Gasteiger partial charge < -0.3 is 14.8 Å². The van der Waals surface area contributed by atoms with Gasteiger partial charge in [-0.1, -0.05) is 12.1 Å². The first-order valence-corrected chi connectivity index (χ1v) is 6.63. The number of aromatic nitrogens is 1. The number of benzene rings is 2. The van der Waals surface area contributed by atoms with Crippen molar-refractivity contribution in [3.05, 3.63) is 54.9 Å². The van der Waals surface area contributed by atoms with Gasteiger partial charge in [0.1, 0.15) is 11.5 Å². The van der Waals surface area contributed by atoms with Gasteiger partial charge in [0.05, 0.1) is 19.9 Å². The van der Waals surface area contributed by atoms with E-state index in [4.69, 9.17) is 9.47 Å². The van der Waals surface area contributed by atoms with Crippen molar-refractivity contribution in [2.24, 2.45) is 0 Å². The van der Waals surface area contributed by atoms with Gasteiger partial charge in [-0.15, -0.1) is 0 Å². The van der Waals surface area contributed by atoms with Crippen LogP contribution in [0.1, 0.15) is 0 Å². The molecule has 0 bridgehead atoms. The zero-order valence-electron chi connectivity index (χ0n) is 12.0. The second-order valence-electron chi connectivity index (χ2n) is 4.60. The van der Waals surface area contributed by atoms with Crippen molar-refractivity contribution in [3.8, 4) is 11.5 Å². The molecule has 3 rings (SSSR count). The van der Waals surface area contributed by atoms with Crippen molar-refractivity contribution < 1.29 is 9.47 Å². The lowest BCUT2D eigenvalue weighted by molar-refractivity contribution is 0.414. The molecule has 0 saturated carbocycles. The SMILES string of the molecule is COc1cccc(Nc2c(OC)ccc3ccncc23)c1. The highest BCUT2D eigenvalue weighted by atomic mass is 16.5. The van der Waals surface area contributed by atoms with E-state index in [0.717, 1.165) is 33.6 Å². The summed E-state index contributed by atoms with van der Waals surface area (Å²) in [6.07, 6.45) is 3.62. The van der Waals surface area contributed by atoms with Crippen LogP contribution in [0.25, 0.3) is 10.8 Å². The normalized spacial score (nSPS) is 10.4. The minimum absolute atomic E-state index is 0.776. The van der Waals surface area contributed by atoms with Crippen LogP contribution in [0.2, 0.25) is 0 Å². The van der Waals surface area contributed by atoms with Crippen molar-refractivity contribution in [3.63, 3.8) is 0 Å². The number of ether oxygens (including phenoxy) is 2. The quantitative estimate of drug-likeness (QED) is 0.784. The molecular weight excluding hydrogens is 264 g/mol. The number of rotatable bonds is 4. The Bertz CT molecular complexity index is 772. The molecule has 0 amide bonds. The zero-order chi connectivity index (χ0) is 14.7. The molecule has 106 valence electrons. The summed E-state index contributed by atoms with van der Waals surface area (Å²) < 4.78 is 10.7. The minimum Gasteiger partial charge on any atom is -0.497 e. The van der Waals surface area contributed by atoms with Gasteiger partial charge in [0.25, 0.3) is 0 Å². The predicted octanol–water partition coefficient (Wildman–Crippen LogP) is 4.00. The highest BCUT2D eigenvalue weighted by Gasteiger charge is 2.09. The molecule has 0 aliphatic carbocycles. The minimum atomic E-state index is 0.776. The molecule has 0 fully saturated rings. The fraction of sp³-hybridized carbons (Fsp3) is 0.118. The Kier molecular flexibility index (Phi) is 3.60. The lowest BCUT2D eigenvalue weighted by Crippen LogP contribution is -1.96. The van der Waals surface area contributed by atoms with Gasteiger partial charge in [-0.05, 0) is 29.7 Å². The fourth-order valence-corrected chi connectivity index (χ4v) is 2.29. The van der Waals surface area contributed by atoms with Gasteiger partial charge in [-0.2, -0.15) is 0 Å². The van der Waals surface area contributed by atoms with Crippen LogP contribution in [0.3, 0.4) is 0 Å². The van der Waals surface area contributed by atoms with Crippen molar-refractivity contribution in [2.75, 3.05) is 19.5 Å². The van der Waals surface area contributed by atoms with Gasteiger partial charge in [-0.25, -0.2) is 0 Å². The number of methoxy groups -OCH3 is 2. The Hall–Kier alpha value is -2.75. The molecule has 0 radical (unpaired) electrons. The monoisotopic (exact) mass is 280 g/mol. The zero-order valence-corrected chi connectivity index (χ0v) is 12.0. The maximum absolute atomic E-state index is 5.46. The van der Waals surface area contributed by atoms with Crippen molar-refractivity contribution >= 4 is 22.1 Å². The van der Waals surface area contributed by atoms with Gasteiger partial charge in [0, 0.05) is 29.5 Å². The molecule has 1 heterocycles. The van der Waals surface area contributed by atoms with Crippen molar-refractivity contribution in [1.29, 1.82) is 0 Å². The molecule has 3 aromatic rings. The van der Waals surface area contributed by atoms with Gasteiger partial charge in [-0.3, -0.25) is 4.98 Å². The van der Waals surface area contributed by atoms with E-state index in [2.05, 4.69) is 10.3 Å². The van der Waals surface area contributed by atoms with Crippen LogP contribution in [0, 0.1) is 0 Å². The van der Waals surface area contributed by atoms with Crippen LogP contribution in [0.5, 0.6) is 11.5 Å². The number of fused-ring (bicyclic) bond motifs is 1. The summed E-state index contributed by atoms with van der Waals surface area (Å²) in [6.45, 7) is 0. The number of nitrogens with one attached hydrogen (secondary N) is 1. The average molecular weight is 280 g/mol. The maximum Gasteiger partial charge on any atom is 0.143 e. The number of nitrogens with zero attached hydrogens (tertiary/aromatic N) is 1. The summed E-state index contributed by atoms with van der Waals surface area (Å²) in [4.78, 5) is 4.20. The molecule has 21 heavy (non-hydrogen) atoms. The van der Waals surface area contributed by atoms with E-state index in [1.54, 1.807) is 20.4 Å². The smallest absolute Gasteiger partial charge is 0.143 e. The summed E-state index contributed by atoms with van der Waals surface area (Å²) in [5, 5.41) is 5.52. The average Bonchev–Trinajstić information content (AvgIpc) is 2.55. The standard InChI is InChI=1S/C17H16N2O2/c1-20-14-5-3-4-13(10-14)19-17-15-11-18-9-8-12(15)6-7-16(17)21-2/h3-11,19H,1-2H3. The van der Waals surface area contributed by atoms with Gasteiger partial charge in [0.15, 0.2) is 0 Å². The van der Waals surface area contributed by atoms with Crippen LogP contribution >= 0.6 is 0 Å². The van der Waals surface area contributed by atoms with Crippen molar-refractivity contribution in [2.45, 2.75) is 0 Å². The first kappa shape index (κ1) is 13.2. The molecular formula is C17H16N2O2. The molecule has 2 aromatic carbocycles. The van der Waals surface area contributed by atoms with Crippen LogP contribution in [0.4, 0.5) is 11.4 Å². The third-order valence-electron chi connectivity index (χ3n) is 3.34. The summed E-state index contributed by atoms with van der Waals surface area (Å²) in [7, 11) is 3.32. The lowest BCUT2D eigenvalue weighted by atomic mass is 10.1. The molecule has 0 unspecified atom stereocenters. The Morgan fingerprint density at radius 1 is 1.00 bits per heavy atom. The van der Waals surface area contributed by atoms with Crippen LogP contribution in [0.15, 0.2) is 54.9 Å². The highest BCUT2D eigenvalue weighted by molar-refractivity contribution is 5.98. The van der Waals surface area contributed by atoms with Crippen LogP contribution in [-0.2, 0) is 0 Å². The van der Waals surface area contributed by atoms with Gasteiger partial charge in [0.2, 0.25) is 0 Å². The van der Waals surface area contributed by atoms with E-state index in [-0.39, 0.29) is 0 Å². The molecule has 4 nitrogen and oxygen atoms in total. The van der Waals surface area contributed by atoms with E-state index in [1.807, 2.05) is 48.7 Å². The van der Waals surface area contributed by atoms with Crippen LogP contribution < -0.4 is 14.8 Å². The molecule has 1 N–H and O–H groups in total. The van der Waals surface area contributed by atoms with Crippen LogP contribution in [-0.4, -0.2) is 19.2 Å². The van der Waals surface area contributed by atoms with E-state index < -0.39 is 0 Å². The Morgan fingerprint density at radius 3 is 2.71 bits per heavy atom. The summed E-state index contributed by atoms with van der Waals surface area (Å²) in [6, 6.07) is 13.7. The van der Waals surface area contributed by atoms with E-state index in [1.165, 1.54) is 0 Å². The van der Waals surface area contributed by atoms with E-state index in [9.17, 15) is 0 Å². The molecule has 0 spiro atoms. The molecule has 0 aliphatic heterocycles. The number of anilines is 2.